The van der Waals surface area contributed by atoms with Crippen molar-refractivity contribution in [3.8, 4) is 28.7 Å². The summed E-state index contributed by atoms with van der Waals surface area (Å²) in [6, 6.07) is 21.0. The highest BCUT2D eigenvalue weighted by molar-refractivity contribution is 6.02. The predicted molar refractivity (Wildman–Crippen MR) is 130 cm³/mol. The number of methoxy groups -OCH3 is 2. The van der Waals surface area contributed by atoms with Crippen LogP contribution in [0, 0.1) is 10.1 Å². The maximum Gasteiger partial charge on any atom is 0.291 e. The molecule has 0 saturated heterocycles. The summed E-state index contributed by atoms with van der Waals surface area (Å²) >= 11 is 0. The molecule has 10 nitrogen and oxygen atoms in total. The van der Waals surface area contributed by atoms with Crippen molar-refractivity contribution in [3.05, 3.63) is 100 Å². The molecule has 3 aromatic carbocycles. The molecule has 0 fully saturated rings. The minimum atomic E-state index is -0.595. The molecule has 0 unspecified atom stereocenters. The topological polar surface area (TPSA) is 122 Å². The first-order valence-corrected chi connectivity index (χ1v) is 10.7. The van der Waals surface area contributed by atoms with Gasteiger partial charge in [-0.2, -0.15) is 0 Å². The van der Waals surface area contributed by atoms with Crippen LogP contribution in [0.25, 0.3) is 0 Å². The predicted octanol–water partition coefficient (Wildman–Crippen LogP) is 5.83. The molecule has 0 aliphatic heterocycles. The zero-order valence-electron chi connectivity index (χ0n) is 19.4. The molecule has 36 heavy (non-hydrogen) atoms. The van der Waals surface area contributed by atoms with Gasteiger partial charge in [0, 0.05) is 12.1 Å². The number of hydrogen-bond donors (Lipinski definition) is 1. The van der Waals surface area contributed by atoms with Crippen LogP contribution in [-0.4, -0.2) is 25.1 Å². The fourth-order valence-corrected chi connectivity index (χ4v) is 3.31. The van der Waals surface area contributed by atoms with Crippen LogP contribution in [0.1, 0.15) is 16.3 Å². The van der Waals surface area contributed by atoms with E-state index in [0.29, 0.717) is 28.8 Å². The second kappa shape index (κ2) is 11.0. The van der Waals surface area contributed by atoms with Crippen LogP contribution in [0.2, 0.25) is 0 Å². The Hall–Kier alpha value is -4.99. The van der Waals surface area contributed by atoms with Gasteiger partial charge in [-0.05, 0) is 36.4 Å². The summed E-state index contributed by atoms with van der Waals surface area (Å²) in [6.45, 7) is 0.0708. The van der Waals surface area contributed by atoms with Gasteiger partial charge >= 0.3 is 0 Å². The lowest BCUT2D eigenvalue weighted by atomic mass is 10.2. The number of non-ortho nitro benzene ring substituents is 1. The molecule has 0 saturated carbocycles. The number of nitrogens with zero attached hydrogens (tertiary/aromatic N) is 1. The number of nitrogens with one attached hydrogen (secondary N) is 1. The number of benzene rings is 3. The number of anilines is 1. The van der Waals surface area contributed by atoms with Crippen molar-refractivity contribution in [3.63, 3.8) is 0 Å². The lowest BCUT2D eigenvalue weighted by Crippen LogP contribution is -2.11. The van der Waals surface area contributed by atoms with Crippen molar-refractivity contribution in [1.29, 1.82) is 0 Å². The fraction of sp³-hybridized carbons (Fsp3) is 0.115. The van der Waals surface area contributed by atoms with E-state index in [1.165, 1.54) is 38.5 Å². The average molecular weight is 490 g/mol. The number of nitro benzene ring substituents is 1. The third-order valence-electron chi connectivity index (χ3n) is 4.98. The van der Waals surface area contributed by atoms with Gasteiger partial charge in [-0.1, -0.05) is 24.3 Å². The molecule has 184 valence electrons. The first-order chi connectivity index (χ1) is 17.5. The summed E-state index contributed by atoms with van der Waals surface area (Å²) in [5, 5.41) is 14.1. The van der Waals surface area contributed by atoms with Crippen molar-refractivity contribution in [2.24, 2.45) is 0 Å². The zero-order valence-corrected chi connectivity index (χ0v) is 19.4. The molecule has 10 heteroatoms. The number of carbonyl (C=O) groups is 1. The smallest absolute Gasteiger partial charge is 0.291 e. The second-order valence-electron chi connectivity index (χ2n) is 7.39. The van der Waals surface area contributed by atoms with Gasteiger partial charge < -0.3 is 28.7 Å². The van der Waals surface area contributed by atoms with Crippen molar-refractivity contribution in [2.75, 3.05) is 19.5 Å². The number of para-hydroxylation sites is 4. The summed E-state index contributed by atoms with van der Waals surface area (Å²) in [6.07, 6.45) is 0. The Morgan fingerprint density at radius 2 is 1.53 bits per heavy atom. The number of carbonyl (C=O) groups excluding carboxylic acids is 1. The van der Waals surface area contributed by atoms with E-state index in [0.717, 1.165) is 0 Å². The van der Waals surface area contributed by atoms with E-state index in [9.17, 15) is 14.9 Å². The molecule has 0 bridgehead atoms. The Bertz CT molecular complexity index is 1380. The maximum absolute atomic E-state index is 12.8. The Morgan fingerprint density at radius 1 is 0.889 bits per heavy atom. The largest absolute Gasteiger partial charge is 0.493 e. The van der Waals surface area contributed by atoms with Gasteiger partial charge in [0.1, 0.15) is 18.1 Å². The SMILES string of the molecule is COc1ccccc1OCc1ccc(C(=O)Nc2cc(Oc3ccccc3OC)cc([N+](=O)[O-])c2)o1. The van der Waals surface area contributed by atoms with Crippen LogP contribution in [0.5, 0.6) is 28.7 Å². The lowest BCUT2D eigenvalue weighted by Gasteiger charge is -2.11. The van der Waals surface area contributed by atoms with Crippen LogP contribution in [0.3, 0.4) is 0 Å². The molecule has 0 spiro atoms. The summed E-state index contributed by atoms with van der Waals surface area (Å²) in [5.74, 6) is 1.88. The van der Waals surface area contributed by atoms with Crippen LogP contribution >= 0.6 is 0 Å². The minimum Gasteiger partial charge on any atom is -0.493 e. The highest BCUT2D eigenvalue weighted by atomic mass is 16.6. The Kier molecular flexibility index (Phi) is 7.35. The van der Waals surface area contributed by atoms with Crippen molar-refractivity contribution >= 4 is 17.3 Å². The molecule has 1 amide bonds. The second-order valence-corrected chi connectivity index (χ2v) is 7.39. The van der Waals surface area contributed by atoms with E-state index in [1.807, 2.05) is 12.1 Å². The molecule has 1 aromatic heterocycles. The van der Waals surface area contributed by atoms with E-state index in [1.54, 1.807) is 42.5 Å². The van der Waals surface area contributed by atoms with Crippen LogP contribution in [-0.2, 0) is 6.61 Å². The van der Waals surface area contributed by atoms with Crippen LogP contribution in [0.15, 0.2) is 83.3 Å². The average Bonchev–Trinajstić information content (AvgIpc) is 3.37. The highest BCUT2D eigenvalue weighted by Crippen LogP contribution is 2.34. The fourth-order valence-electron chi connectivity index (χ4n) is 3.31. The molecule has 0 aliphatic rings. The number of furan rings is 1. The summed E-state index contributed by atoms with van der Waals surface area (Å²) in [5.41, 5.74) is -0.106. The van der Waals surface area contributed by atoms with Gasteiger partial charge in [0.2, 0.25) is 0 Å². The highest BCUT2D eigenvalue weighted by Gasteiger charge is 2.17. The van der Waals surface area contributed by atoms with Gasteiger partial charge in [-0.25, -0.2) is 0 Å². The molecule has 4 aromatic rings. The van der Waals surface area contributed by atoms with Crippen LogP contribution in [0.4, 0.5) is 11.4 Å². The third-order valence-corrected chi connectivity index (χ3v) is 4.98. The van der Waals surface area contributed by atoms with E-state index in [4.69, 9.17) is 23.4 Å². The maximum atomic E-state index is 12.8. The number of nitro groups is 1. The van der Waals surface area contributed by atoms with Crippen LogP contribution < -0.4 is 24.3 Å². The third kappa shape index (κ3) is 5.73. The van der Waals surface area contributed by atoms with Gasteiger partial charge in [0.25, 0.3) is 11.6 Å². The Balaban J connectivity index is 1.48. The van der Waals surface area contributed by atoms with Crippen molar-refractivity contribution in [1.82, 2.24) is 0 Å². The molecule has 0 aliphatic carbocycles. The van der Waals surface area contributed by atoms with Gasteiger partial charge in [0.15, 0.2) is 28.8 Å². The first-order valence-electron chi connectivity index (χ1n) is 10.7. The Labute approximate surface area is 206 Å². The number of ether oxygens (including phenoxy) is 4. The monoisotopic (exact) mass is 490 g/mol. The van der Waals surface area contributed by atoms with Crippen molar-refractivity contribution < 1.29 is 33.1 Å². The molecule has 4 rings (SSSR count). The molecule has 1 heterocycles. The van der Waals surface area contributed by atoms with E-state index < -0.39 is 10.8 Å². The number of hydrogen-bond acceptors (Lipinski definition) is 8. The molecule has 0 atom stereocenters. The first kappa shape index (κ1) is 24.1. The molecule has 0 radical (unpaired) electrons. The summed E-state index contributed by atoms with van der Waals surface area (Å²) in [4.78, 5) is 23.6. The van der Waals surface area contributed by atoms with Crippen molar-refractivity contribution in [2.45, 2.75) is 6.61 Å². The molecular weight excluding hydrogens is 468 g/mol. The van der Waals surface area contributed by atoms with Gasteiger partial charge in [-0.15, -0.1) is 0 Å². The number of rotatable bonds is 10. The van der Waals surface area contributed by atoms with E-state index in [-0.39, 0.29) is 29.5 Å². The summed E-state index contributed by atoms with van der Waals surface area (Å²) < 4.78 is 27.6. The molecule has 1 N–H and O–H groups in total. The Morgan fingerprint density at radius 3 is 2.19 bits per heavy atom. The zero-order chi connectivity index (χ0) is 25.5. The number of amides is 1. The molecular formula is C26H22N2O8. The van der Waals surface area contributed by atoms with E-state index in [2.05, 4.69) is 5.32 Å². The minimum absolute atomic E-state index is 0.00679. The normalized spacial score (nSPS) is 10.4. The quantitative estimate of drug-likeness (QED) is 0.218. The summed E-state index contributed by atoms with van der Waals surface area (Å²) in [7, 11) is 3.03. The lowest BCUT2D eigenvalue weighted by molar-refractivity contribution is -0.384. The van der Waals surface area contributed by atoms with Gasteiger partial charge in [-0.3, -0.25) is 14.9 Å². The standard InChI is InChI=1S/C26H22N2O8/c1-32-21-7-3-5-9-23(21)34-16-19-11-12-25(35-19)26(29)27-17-13-18(28(30)31)15-20(14-17)36-24-10-6-4-8-22(24)33-2/h3-15H,16H2,1-2H3,(H,27,29). The van der Waals surface area contributed by atoms with E-state index >= 15 is 0 Å². The van der Waals surface area contributed by atoms with Gasteiger partial charge in [0.05, 0.1) is 30.9 Å².